The highest BCUT2D eigenvalue weighted by Crippen LogP contribution is 2.19. The van der Waals surface area contributed by atoms with E-state index >= 15 is 0 Å². The molecule has 3 amide bonds. The van der Waals surface area contributed by atoms with Gasteiger partial charge in [-0.25, -0.2) is 4.39 Å². The molecule has 1 aliphatic rings. The summed E-state index contributed by atoms with van der Waals surface area (Å²) in [6.45, 7) is 0.577. The van der Waals surface area contributed by atoms with Crippen LogP contribution in [-0.2, 0) is 9.59 Å². The maximum absolute atomic E-state index is 12.8. The van der Waals surface area contributed by atoms with Gasteiger partial charge in [0.05, 0.1) is 5.75 Å². The van der Waals surface area contributed by atoms with Crippen molar-refractivity contribution >= 4 is 46.0 Å². The van der Waals surface area contributed by atoms with Gasteiger partial charge >= 0.3 is 0 Å². The van der Waals surface area contributed by atoms with Crippen LogP contribution in [-0.4, -0.2) is 39.2 Å². The van der Waals surface area contributed by atoms with Crippen LogP contribution in [0.2, 0.25) is 0 Å². The predicted molar refractivity (Wildman–Crippen MR) is 97.2 cm³/mol. The van der Waals surface area contributed by atoms with Gasteiger partial charge in [-0.3, -0.25) is 30.1 Å². The summed E-state index contributed by atoms with van der Waals surface area (Å²) in [5.74, 6) is -0.799. The molecule has 1 saturated heterocycles. The van der Waals surface area contributed by atoms with Crippen LogP contribution in [0.3, 0.4) is 0 Å². The number of hydrazine groups is 1. The fraction of sp³-hybridized carbons (Fsp3) is 0.375. The van der Waals surface area contributed by atoms with Crippen LogP contribution in [0.15, 0.2) is 24.3 Å². The predicted octanol–water partition coefficient (Wildman–Crippen LogP) is 2.01. The highest BCUT2D eigenvalue weighted by molar-refractivity contribution is 8.23. The SMILES string of the molecule is O=C(CCCCCN1C(=O)CSC1=S)NNC(=O)c1ccc(F)cc1. The molecule has 134 valence electrons. The number of carbonyl (C=O) groups is 3. The molecule has 0 bridgehead atoms. The monoisotopic (exact) mass is 383 g/mol. The third-order valence-electron chi connectivity index (χ3n) is 3.55. The maximum Gasteiger partial charge on any atom is 0.269 e. The van der Waals surface area contributed by atoms with Gasteiger partial charge in [-0.2, -0.15) is 0 Å². The van der Waals surface area contributed by atoms with Crippen molar-refractivity contribution < 1.29 is 18.8 Å². The number of carbonyl (C=O) groups excluding carboxylic acids is 3. The minimum absolute atomic E-state index is 0.0382. The van der Waals surface area contributed by atoms with E-state index < -0.39 is 11.7 Å². The fourth-order valence-corrected chi connectivity index (χ4v) is 3.31. The molecule has 25 heavy (non-hydrogen) atoms. The number of nitrogens with zero attached hydrogens (tertiary/aromatic N) is 1. The van der Waals surface area contributed by atoms with Crippen molar-refractivity contribution in [1.29, 1.82) is 0 Å². The molecule has 0 aromatic heterocycles. The Hall–Kier alpha value is -2.00. The van der Waals surface area contributed by atoms with Gasteiger partial charge in [-0.05, 0) is 37.1 Å². The average Bonchev–Trinajstić information content (AvgIpc) is 2.91. The molecule has 0 radical (unpaired) electrons. The minimum atomic E-state index is -0.507. The van der Waals surface area contributed by atoms with Crippen molar-refractivity contribution in [2.24, 2.45) is 0 Å². The summed E-state index contributed by atoms with van der Waals surface area (Å²) in [6, 6.07) is 5.01. The maximum atomic E-state index is 12.8. The highest BCUT2D eigenvalue weighted by atomic mass is 32.2. The smallest absolute Gasteiger partial charge is 0.269 e. The van der Waals surface area contributed by atoms with Crippen molar-refractivity contribution in [3.05, 3.63) is 35.6 Å². The lowest BCUT2D eigenvalue weighted by molar-refractivity contribution is -0.124. The third-order valence-corrected chi connectivity index (χ3v) is 4.98. The van der Waals surface area contributed by atoms with Crippen LogP contribution in [0.1, 0.15) is 36.0 Å². The van der Waals surface area contributed by atoms with Crippen LogP contribution in [0.25, 0.3) is 0 Å². The Morgan fingerprint density at radius 1 is 1.16 bits per heavy atom. The first-order valence-electron chi connectivity index (χ1n) is 7.79. The van der Waals surface area contributed by atoms with Crippen LogP contribution < -0.4 is 10.9 Å². The van der Waals surface area contributed by atoms with E-state index in [1.165, 1.54) is 36.0 Å². The Kier molecular flexibility index (Phi) is 7.32. The molecule has 6 nitrogen and oxygen atoms in total. The molecule has 1 heterocycles. The molecule has 0 unspecified atom stereocenters. The van der Waals surface area contributed by atoms with Crippen molar-refractivity contribution in [3.8, 4) is 0 Å². The number of rotatable bonds is 7. The second-order valence-electron chi connectivity index (χ2n) is 5.42. The second-order valence-corrected chi connectivity index (χ2v) is 7.03. The van der Waals surface area contributed by atoms with Gasteiger partial charge in [0, 0.05) is 18.5 Å². The van der Waals surface area contributed by atoms with E-state index in [1.807, 2.05) is 0 Å². The molecular weight excluding hydrogens is 365 g/mol. The zero-order valence-corrected chi connectivity index (χ0v) is 15.1. The lowest BCUT2D eigenvalue weighted by Gasteiger charge is -2.14. The number of thiocarbonyl (C=S) groups is 1. The lowest BCUT2D eigenvalue weighted by atomic mass is 10.2. The molecule has 1 fully saturated rings. The Morgan fingerprint density at radius 3 is 2.52 bits per heavy atom. The first-order chi connectivity index (χ1) is 12.0. The molecule has 2 rings (SSSR count). The Labute approximate surface area is 154 Å². The standard InChI is InChI=1S/C16H18FN3O3S2/c17-12-7-5-11(6-8-12)15(23)19-18-13(21)4-2-1-3-9-20-14(22)10-25-16(20)24/h5-8H,1-4,9-10H2,(H,18,21)(H,19,23). The molecular formula is C16H18FN3O3S2. The number of amides is 3. The van der Waals surface area contributed by atoms with Gasteiger partial charge in [-0.1, -0.05) is 30.4 Å². The summed E-state index contributed by atoms with van der Waals surface area (Å²) in [5.41, 5.74) is 4.86. The third kappa shape index (κ3) is 6.09. The molecule has 1 aliphatic heterocycles. The van der Waals surface area contributed by atoms with Crippen LogP contribution >= 0.6 is 24.0 Å². The highest BCUT2D eigenvalue weighted by Gasteiger charge is 2.25. The number of nitrogens with one attached hydrogen (secondary N) is 2. The van der Waals surface area contributed by atoms with E-state index in [-0.39, 0.29) is 23.8 Å². The zero-order valence-electron chi connectivity index (χ0n) is 13.4. The van der Waals surface area contributed by atoms with Crippen molar-refractivity contribution in [1.82, 2.24) is 15.8 Å². The Balaban J connectivity index is 1.58. The Bertz CT molecular complexity index is 651. The first kappa shape index (κ1) is 19.3. The van der Waals surface area contributed by atoms with Gasteiger partial charge in [0.15, 0.2) is 0 Å². The summed E-state index contributed by atoms with van der Waals surface area (Å²) < 4.78 is 13.4. The normalized spacial score (nSPS) is 13.9. The molecule has 0 saturated carbocycles. The van der Waals surface area contributed by atoms with E-state index in [0.717, 1.165) is 12.8 Å². The Morgan fingerprint density at radius 2 is 1.88 bits per heavy atom. The minimum Gasteiger partial charge on any atom is -0.297 e. The zero-order chi connectivity index (χ0) is 18.2. The molecule has 9 heteroatoms. The van der Waals surface area contributed by atoms with E-state index in [1.54, 1.807) is 4.90 Å². The summed E-state index contributed by atoms with van der Waals surface area (Å²) in [6.07, 6.45) is 2.44. The van der Waals surface area contributed by atoms with Gasteiger partial charge in [-0.15, -0.1) is 0 Å². The van der Waals surface area contributed by atoms with Crippen molar-refractivity contribution in [2.75, 3.05) is 12.3 Å². The molecule has 1 aromatic carbocycles. The van der Waals surface area contributed by atoms with Crippen molar-refractivity contribution in [3.63, 3.8) is 0 Å². The number of benzene rings is 1. The lowest BCUT2D eigenvalue weighted by Crippen LogP contribution is -2.41. The second kappa shape index (κ2) is 9.47. The van der Waals surface area contributed by atoms with Crippen molar-refractivity contribution in [2.45, 2.75) is 25.7 Å². The van der Waals surface area contributed by atoms with E-state index in [4.69, 9.17) is 12.2 Å². The summed E-state index contributed by atoms with van der Waals surface area (Å²) >= 11 is 6.46. The van der Waals surface area contributed by atoms with Crippen LogP contribution in [0.4, 0.5) is 4.39 Å². The molecule has 1 aromatic rings. The topological polar surface area (TPSA) is 78.5 Å². The largest absolute Gasteiger partial charge is 0.297 e. The quantitative estimate of drug-likeness (QED) is 0.428. The number of unbranched alkanes of at least 4 members (excludes halogenated alkanes) is 2. The fourth-order valence-electron chi connectivity index (χ4n) is 2.19. The van der Waals surface area contributed by atoms with Gasteiger partial charge in [0.25, 0.3) is 5.91 Å². The van der Waals surface area contributed by atoms with Crippen LogP contribution in [0.5, 0.6) is 0 Å². The number of halogens is 1. The van der Waals surface area contributed by atoms with Gasteiger partial charge < -0.3 is 0 Å². The number of hydrogen-bond acceptors (Lipinski definition) is 5. The van der Waals surface area contributed by atoms with E-state index in [9.17, 15) is 18.8 Å². The average molecular weight is 383 g/mol. The van der Waals surface area contributed by atoms with Crippen LogP contribution in [0, 0.1) is 5.82 Å². The molecule has 0 spiro atoms. The number of thioether (sulfide) groups is 1. The summed E-state index contributed by atoms with van der Waals surface area (Å²) in [5, 5.41) is 0. The van der Waals surface area contributed by atoms with Gasteiger partial charge in [0.1, 0.15) is 10.1 Å². The molecule has 0 aliphatic carbocycles. The first-order valence-corrected chi connectivity index (χ1v) is 9.18. The van der Waals surface area contributed by atoms with Gasteiger partial charge in [0.2, 0.25) is 11.8 Å². The van der Waals surface area contributed by atoms with E-state index in [0.29, 0.717) is 23.0 Å². The summed E-state index contributed by atoms with van der Waals surface area (Å²) in [4.78, 5) is 36.6. The van der Waals surface area contributed by atoms with E-state index in [2.05, 4.69) is 10.9 Å². The molecule has 0 atom stereocenters. The number of hydrogen-bond donors (Lipinski definition) is 2. The summed E-state index contributed by atoms with van der Waals surface area (Å²) in [7, 11) is 0. The molecule has 2 N–H and O–H groups in total.